The summed E-state index contributed by atoms with van der Waals surface area (Å²) < 4.78 is 0. The van der Waals surface area contributed by atoms with Gasteiger partial charge in [0.25, 0.3) is 0 Å². The topological polar surface area (TPSA) is 0 Å². The maximum Gasteiger partial charge on any atom is -0.0353 e. The van der Waals surface area contributed by atoms with Gasteiger partial charge in [0.2, 0.25) is 0 Å². The second-order valence-corrected chi connectivity index (χ2v) is 2.84. The number of rotatable bonds is 4. The SMILES string of the molecule is C/C=C/CCC.C=C.C=CC.C=CCCC. The van der Waals surface area contributed by atoms with Crippen molar-refractivity contribution in [3.05, 3.63) is 50.6 Å². The van der Waals surface area contributed by atoms with Crippen molar-refractivity contribution in [3.63, 3.8) is 0 Å². The van der Waals surface area contributed by atoms with Crippen LogP contribution in [-0.2, 0) is 0 Å². The van der Waals surface area contributed by atoms with Crippen LogP contribution in [-0.4, -0.2) is 0 Å². The van der Waals surface area contributed by atoms with Crippen molar-refractivity contribution in [2.24, 2.45) is 0 Å². The summed E-state index contributed by atoms with van der Waals surface area (Å²) in [4.78, 5) is 0. The fraction of sp³-hybridized carbons (Fsp3) is 0.500. The molecule has 0 fully saturated rings. The molecule has 0 aromatic heterocycles. The molecule has 16 heavy (non-hydrogen) atoms. The van der Waals surface area contributed by atoms with E-state index in [0.717, 1.165) is 6.42 Å². The Morgan fingerprint density at radius 3 is 1.31 bits per heavy atom. The number of hydrogen-bond donors (Lipinski definition) is 0. The van der Waals surface area contributed by atoms with Gasteiger partial charge in [0.05, 0.1) is 0 Å². The predicted molar refractivity (Wildman–Crippen MR) is 82.0 cm³/mol. The molecule has 0 nitrogen and oxygen atoms in total. The highest BCUT2D eigenvalue weighted by Gasteiger charge is 1.64. The minimum Gasteiger partial charge on any atom is -0.106 e. The molecule has 0 atom stereocenters. The lowest BCUT2D eigenvalue weighted by atomic mass is 10.3. The lowest BCUT2D eigenvalue weighted by Crippen LogP contribution is -1.55. The summed E-state index contributed by atoms with van der Waals surface area (Å²) in [6.07, 6.45) is 12.8. The smallest absolute Gasteiger partial charge is 0.0353 e. The van der Waals surface area contributed by atoms with E-state index in [0.29, 0.717) is 0 Å². The highest BCUT2D eigenvalue weighted by Crippen LogP contribution is 1.85. The van der Waals surface area contributed by atoms with Gasteiger partial charge in [0.15, 0.2) is 0 Å². The first kappa shape index (κ1) is 24.3. The molecule has 0 rings (SSSR count). The molecule has 0 aliphatic rings. The summed E-state index contributed by atoms with van der Waals surface area (Å²) in [5.41, 5.74) is 0. The molecule has 96 valence electrons. The molecule has 0 radical (unpaired) electrons. The molecular weight excluding hydrogens is 192 g/mol. The van der Waals surface area contributed by atoms with E-state index in [1.54, 1.807) is 6.08 Å². The third kappa shape index (κ3) is 118. The van der Waals surface area contributed by atoms with Gasteiger partial charge in [-0.2, -0.15) is 0 Å². The standard InChI is InChI=1S/C6H12.C5H10.C3H6.C2H4/c1-3-5-6-4-2;1-3-5-4-2;1-3-2;1-2/h3,5H,4,6H2,1-2H3;3H,1,4-5H2,2H3;3H,1H2,2H3;1-2H2/b5-3+;;;. The summed E-state index contributed by atoms with van der Waals surface area (Å²) in [5, 5.41) is 0. The van der Waals surface area contributed by atoms with Crippen molar-refractivity contribution in [1.82, 2.24) is 0 Å². The molecule has 0 saturated carbocycles. The molecule has 0 heterocycles. The largest absolute Gasteiger partial charge is 0.106 e. The van der Waals surface area contributed by atoms with Crippen LogP contribution >= 0.6 is 0 Å². The molecule has 0 aromatic rings. The van der Waals surface area contributed by atoms with E-state index in [4.69, 9.17) is 0 Å². The molecule has 0 heteroatoms. The lowest BCUT2D eigenvalue weighted by molar-refractivity contribution is 0.957. The molecular formula is C16H32. The minimum atomic E-state index is 1.15. The van der Waals surface area contributed by atoms with Crippen molar-refractivity contribution >= 4 is 0 Å². The van der Waals surface area contributed by atoms with Crippen LogP contribution in [0.3, 0.4) is 0 Å². The van der Waals surface area contributed by atoms with Gasteiger partial charge in [-0.05, 0) is 26.7 Å². The second kappa shape index (κ2) is 48.4. The van der Waals surface area contributed by atoms with Crippen LogP contribution in [0.2, 0.25) is 0 Å². The van der Waals surface area contributed by atoms with E-state index in [1.807, 2.05) is 13.0 Å². The normalized spacial score (nSPS) is 7.25. The first-order valence-electron chi connectivity index (χ1n) is 6.04. The van der Waals surface area contributed by atoms with E-state index in [-0.39, 0.29) is 0 Å². The molecule has 0 saturated heterocycles. The molecule has 0 bridgehead atoms. The van der Waals surface area contributed by atoms with E-state index in [1.165, 1.54) is 19.3 Å². The molecule has 0 aliphatic carbocycles. The van der Waals surface area contributed by atoms with E-state index in [2.05, 4.69) is 59.2 Å². The average molecular weight is 224 g/mol. The van der Waals surface area contributed by atoms with Crippen molar-refractivity contribution < 1.29 is 0 Å². The number of allylic oxidation sites excluding steroid dienone is 4. The molecule has 0 aromatic carbocycles. The van der Waals surface area contributed by atoms with Gasteiger partial charge in [-0.1, -0.05) is 51.0 Å². The van der Waals surface area contributed by atoms with Crippen LogP contribution < -0.4 is 0 Å². The van der Waals surface area contributed by atoms with Crippen molar-refractivity contribution in [2.45, 2.75) is 53.4 Å². The highest BCUT2D eigenvalue weighted by atomic mass is 13.7. The van der Waals surface area contributed by atoms with Crippen molar-refractivity contribution in [2.75, 3.05) is 0 Å². The Morgan fingerprint density at radius 2 is 1.25 bits per heavy atom. The van der Waals surface area contributed by atoms with Crippen LogP contribution in [0.25, 0.3) is 0 Å². The molecule has 0 unspecified atom stereocenters. The van der Waals surface area contributed by atoms with Crippen LogP contribution in [0.5, 0.6) is 0 Å². The Kier molecular flexibility index (Phi) is 73.4. The zero-order chi connectivity index (χ0) is 13.7. The first-order chi connectivity index (χ1) is 7.74. The van der Waals surface area contributed by atoms with Crippen LogP contribution in [0, 0.1) is 0 Å². The summed E-state index contributed by atoms with van der Waals surface area (Å²) >= 11 is 0. The van der Waals surface area contributed by atoms with E-state index < -0.39 is 0 Å². The Bertz CT molecular complexity index is 120. The van der Waals surface area contributed by atoms with Crippen molar-refractivity contribution in [1.29, 1.82) is 0 Å². The van der Waals surface area contributed by atoms with Gasteiger partial charge < -0.3 is 0 Å². The fourth-order valence-corrected chi connectivity index (χ4v) is 0.537. The van der Waals surface area contributed by atoms with Gasteiger partial charge >= 0.3 is 0 Å². The van der Waals surface area contributed by atoms with Gasteiger partial charge in [-0.15, -0.1) is 26.3 Å². The van der Waals surface area contributed by atoms with E-state index in [9.17, 15) is 0 Å². The van der Waals surface area contributed by atoms with Gasteiger partial charge in [-0.3, -0.25) is 0 Å². The maximum absolute atomic E-state index is 3.55. The first-order valence-corrected chi connectivity index (χ1v) is 6.04. The third-order valence-corrected chi connectivity index (χ3v) is 1.18. The number of unbranched alkanes of at least 4 members (excludes halogenated alkanes) is 2. The third-order valence-electron chi connectivity index (χ3n) is 1.18. The Balaban J connectivity index is -0.0000000653. The monoisotopic (exact) mass is 224 g/mol. The summed E-state index contributed by atoms with van der Waals surface area (Å²) in [7, 11) is 0. The quantitative estimate of drug-likeness (QED) is 0.489. The fourth-order valence-electron chi connectivity index (χ4n) is 0.537. The van der Waals surface area contributed by atoms with Gasteiger partial charge in [-0.25, -0.2) is 0 Å². The second-order valence-electron chi connectivity index (χ2n) is 2.84. The lowest BCUT2D eigenvalue weighted by Gasteiger charge is -1.76. The Morgan fingerprint density at radius 1 is 0.875 bits per heavy atom. The summed E-state index contributed by atoms with van der Waals surface area (Å²) in [6, 6.07) is 0. The Hall–Kier alpha value is -1.04. The maximum atomic E-state index is 3.55. The van der Waals surface area contributed by atoms with Crippen LogP contribution in [0.4, 0.5) is 0 Å². The molecule has 0 N–H and O–H groups in total. The summed E-state index contributed by atoms with van der Waals surface area (Å²) in [6.45, 7) is 21.2. The van der Waals surface area contributed by atoms with Crippen LogP contribution in [0.15, 0.2) is 50.6 Å². The summed E-state index contributed by atoms with van der Waals surface area (Å²) in [5.74, 6) is 0. The minimum absolute atomic E-state index is 1.15. The zero-order valence-electron chi connectivity index (χ0n) is 12.0. The Labute approximate surface area is 104 Å². The zero-order valence-corrected chi connectivity index (χ0v) is 12.0. The highest BCUT2D eigenvalue weighted by molar-refractivity contribution is 4.75. The van der Waals surface area contributed by atoms with Crippen molar-refractivity contribution in [3.8, 4) is 0 Å². The molecule has 0 amide bonds. The van der Waals surface area contributed by atoms with E-state index >= 15 is 0 Å². The molecule has 0 aliphatic heterocycles. The number of hydrogen-bond acceptors (Lipinski definition) is 0. The molecule has 0 spiro atoms. The predicted octanol–water partition coefficient (Wildman–Crippen LogP) is 6.33. The van der Waals surface area contributed by atoms with Gasteiger partial charge in [0.1, 0.15) is 0 Å². The van der Waals surface area contributed by atoms with Gasteiger partial charge in [0, 0.05) is 0 Å². The van der Waals surface area contributed by atoms with Crippen LogP contribution in [0.1, 0.15) is 53.4 Å². The average Bonchev–Trinajstić information content (AvgIpc) is 2.32.